The highest BCUT2D eigenvalue weighted by Crippen LogP contribution is 2.29. The molecule has 0 spiro atoms. The van der Waals surface area contributed by atoms with Crippen LogP contribution in [0.5, 0.6) is 5.75 Å². The molecule has 0 fully saturated rings. The molecular weight excluding hydrogens is 302 g/mol. The molecular formula is C20H15NO3. The van der Waals surface area contributed by atoms with E-state index in [0.29, 0.717) is 11.1 Å². The summed E-state index contributed by atoms with van der Waals surface area (Å²) < 4.78 is 0. The summed E-state index contributed by atoms with van der Waals surface area (Å²) in [4.78, 5) is 25.2. The number of anilines is 1. The van der Waals surface area contributed by atoms with Gasteiger partial charge in [0.2, 0.25) is 0 Å². The lowest BCUT2D eigenvalue weighted by Gasteiger charge is -2.10. The van der Waals surface area contributed by atoms with Crippen LogP contribution >= 0.6 is 0 Å². The van der Waals surface area contributed by atoms with Crippen LogP contribution < -0.4 is 5.73 Å². The molecule has 0 aliphatic rings. The van der Waals surface area contributed by atoms with E-state index in [1.807, 2.05) is 6.07 Å². The number of rotatable bonds is 4. The Kier molecular flexibility index (Phi) is 4.12. The van der Waals surface area contributed by atoms with Crippen LogP contribution in [-0.4, -0.2) is 16.7 Å². The quantitative estimate of drug-likeness (QED) is 0.439. The second-order valence-corrected chi connectivity index (χ2v) is 5.35. The number of carbonyl (C=O) groups excluding carboxylic acids is 2. The largest absolute Gasteiger partial charge is 0.506 e. The lowest BCUT2D eigenvalue weighted by Crippen LogP contribution is -2.09. The van der Waals surface area contributed by atoms with Crippen LogP contribution in [0.15, 0.2) is 72.8 Å². The molecule has 3 aromatic rings. The van der Waals surface area contributed by atoms with Gasteiger partial charge in [-0.05, 0) is 12.1 Å². The van der Waals surface area contributed by atoms with Gasteiger partial charge in [0.25, 0.3) is 0 Å². The van der Waals surface area contributed by atoms with Gasteiger partial charge in [-0.25, -0.2) is 0 Å². The zero-order valence-corrected chi connectivity index (χ0v) is 12.8. The van der Waals surface area contributed by atoms with Crippen molar-refractivity contribution < 1.29 is 14.7 Å². The summed E-state index contributed by atoms with van der Waals surface area (Å²) in [6, 6.07) is 20.0. The average Bonchev–Trinajstić information content (AvgIpc) is 2.64. The van der Waals surface area contributed by atoms with Crippen molar-refractivity contribution >= 4 is 17.3 Å². The van der Waals surface area contributed by atoms with E-state index in [4.69, 9.17) is 5.73 Å². The Balaban J connectivity index is 2.07. The first-order valence-electron chi connectivity index (χ1n) is 7.40. The van der Waals surface area contributed by atoms with Crippen molar-refractivity contribution in [2.75, 3.05) is 5.73 Å². The number of phenols is 1. The van der Waals surface area contributed by atoms with Crippen LogP contribution in [0.2, 0.25) is 0 Å². The van der Waals surface area contributed by atoms with Crippen LogP contribution in [-0.2, 0) is 0 Å². The van der Waals surface area contributed by atoms with E-state index >= 15 is 0 Å². The Morgan fingerprint density at radius 3 is 1.75 bits per heavy atom. The maximum Gasteiger partial charge on any atom is 0.195 e. The van der Waals surface area contributed by atoms with Crippen LogP contribution in [0.25, 0.3) is 0 Å². The first-order chi connectivity index (χ1) is 11.6. The monoisotopic (exact) mass is 317 g/mol. The van der Waals surface area contributed by atoms with Gasteiger partial charge < -0.3 is 10.8 Å². The van der Waals surface area contributed by atoms with Gasteiger partial charge in [0.05, 0.1) is 5.69 Å². The number of hydrogen-bond acceptors (Lipinski definition) is 4. The summed E-state index contributed by atoms with van der Waals surface area (Å²) in [6.07, 6.45) is 0. The smallest absolute Gasteiger partial charge is 0.195 e. The van der Waals surface area contributed by atoms with Crippen LogP contribution in [0.3, 0.4) is 0 Å². The molecule has 3 N–H and O–H groups in total. The lowest BCUT2D eigenvalue weighted by atomic mass is 9.95. The number of aromatic hydroxyl groups is 1. The maximum absolute atomic E-state index is 12.6. The number of nitrogen functional groups attached to an aromatic ring is 1. The average molecular weight is 317 g/mol. The molecule has 0 atom stereocenters. The van der Waals surface area contributed by atoms with E-state index in [1.54, 1.807) is 54.6 Å². The van der Waals surface area contributed by atoms with Crippen molar-refractivity contribution in [2.24, 2.45) is 0 Å². The Morgan fingerprint density at radius 1 is 0.708 bits per heavy atom. The molecule has 0 bridgehead atoms. The van der Waals surface area contributed by atoms with Gasteiger partial charge in [0.15, 0.2) is 11.6 Å². The number of benzene rings is 3. The number of ketones is 2. The van der Waals surface area contributed by atoms with Gasteiger partial charge in [0.1, 0.15) is 5.75 Å². The highest BCUT2D eigenvalue weighted by atomic mass is 16.3. The minimum atomic E-state index is -0.342. The summed E-state index contributed by atoms with van der Waals surface area (Å²) in [6.45, 7) is 0. The van der Waals surface area contributed by atoms with Crippen LogP contribution in [0.1, 0.15) is 31.8 Å². The van der Waals surface area contributed by atoms with Gasteiger partial charge in [-0.3, -0.25) is 9.59 Å². The fourth-order valence-electron chi connectivity index (χ4n) is 2.46. The van der Waals surface area contributed by atoms with E-state index in [-0.39, 0.29) is 34.1 Å². The van der Waals surface area contributed by atoms with Crippen molar-refractivity contribution in [2.45, 2.75) is 0 Å². The third-order valence-corrected chi connectivity index (χ3v) is 3.74. The first-order valence-corrected chi connectivity index (χ1v) is 7.40. The summed E-state index contributed by atoms with van der Waals surface area (Å²) in [5.41, 5.74) is 7.05. The molecule has 4 heteroatoms. The predicted molar refractivity (Wildman–Crippen MR) is 92.3 cm³/mol. The minimum absolute atomic E-state index is 0.0338. The van der Waals surface area contributed by atoms with E-state index in [2.05, 4.69) is 0 Å². The highest BCUT2D eigenvalue weighted by Gasteiger charge is 2.19. The van der Waals surface area contributed by atoms with E-state index in [0.717, 1.165) is 0 Å². The summed E-state index contributed by atoms with van der Waals surface area (Å²) in [7, 11) is 0. The van der Waals surface area contributed by atoms with Crippen molar-refractivity contribution in [1.82, 2.24) is 0 Å². The van der Waals surface area contributed by atoms with Crippen molar-refractivity contribution in [3.05, 3.63) is 95.1 Å². The molecule has 24 heavy (non-hydrogen) atoms. The molecule has 0 radical (unpaired) electrons. The minimum Gasteiger partial charge on any atom is -0.506 e. The van der Waals surface area contributed by atoms with Crippen molar-refractivity contribution in [3.8, 4) is 5.75 Å². The molecule has 0 aliphatic heterocycles. The predicted octanol–water partition coefficient (Wildman–Crippen LogP) is 3.44. The molecule has 0 unspecified atom stereocenters. The Morgan fingerprint density at radius 2 is 1.21 bits per heavy atom. The number of phenolic OH excluding ortho intramolecular Hbond substituents is 1. The molecule has 0 heterocycles. The Hall–Kier alpha value is -3.40. The highest BCUT2D eigenvalue weighted by molar-refractivity contribution is 6.16. The molecule has 3 aromatic carbocycles. The van der Waals surface area contributed by atoms with Gasteiger partial charge in [-0.15, -0.1) is 0 Å². The topological polar surface area (TPSA) is 80.4 Å². The zero-order chi connectivity index (χ0) is 17.1. The normalized spacial score (nSPS) is 10.3. The zero-order valence-electron chi connectivity index (χ0n) is 12.8. The van der Waals surface area contributed by atoms with Gasteiger partial charge in [-0.1, -0.05) is 60.7 Å². The molecule has 4 nitrogen and oxygen atoms in total. The summed E-state index contributed by atoms with van der Waals surface area (Å²) in [5, 5.41) is 10.0. The third-order valence-electron chi connectivity index (χ3n) is 3.74. The third kappa shape index (κ3) is 2.90. The Labute approximate surface area is 139 Å². The number of hydrogen-bond donors (Lipinski definition) is 2. The summed E-state index contributed by atoms with van der Waals surface area (Å²) in [5.74, 6) is -0.907. The van der Waals surface area contributed by atoms with E-state index < -0.39 is 0 Å². The van der Waals surface area contributed by atoms with E-state index in [1.165, 1.54) is 12.1 Å². The van der Waals surface area contributed by atoms with Crippen molar-refractivity contribution in [3.63, 3.8) is 0 Å². The van der Waals surface area contributed by atoms with Crippen molar-refractivity contribution in [1.29, 1.82) is 0 Å². The molecule has 0 saturated heterocycles. The fourth-order valence-corrected chi connectivity index (χ4v) is 2.46. The standard InChI is InChI=1S/C20H15NO3/c21-18-16(20(24)14-9-5-2-6-10-14)11-15(12-17(18)22)19(23)13-7-3-1-4-8-13/h1-12,22H,21H2. The molecule has 0 aliphatic carbocycles. The maximum atomic E-state index is 12.6. The molecule has 0 saturated carbocycles. The number of carbonyl (C=O) groups is 2. The van der Waals surface area contributed by atoms with Gasteiger partial charge in [-0.2, -0.15) is 0 Å². The second-order valence-electron chi connectivity index (χ2n) is 5.35. The first kappa shape index (κ1) is 15.5. The second kappa shape index (κ2) is 6.38. The van der Waals surface area contributed by atoms with Crippen LogP contribution in [0.4, 0.5) is 5.69 Å². The SMILES string of the molecule is Nc1c(O)cc(C(=O)c2ccccc2)cc1C(=O)c1ccccc1. The van der Waals surface area contributed by atoms with Crippen LogP contribution in [0, 0.1) is 0 Å². The fraction of sp³-hybridized carbons (Fsp3) is 0. The molecule has 0 amide bonds. The Bertz CT molecular complexity index is 903. The van der Waals surface area contributed by atoms with E-state index in [9.17, 15) is 14.7 Å². The molecule has 118 valence electrons. The molecule has 3 rings (SSSR count). The lowest BCUT2D eigenvalue weighted by molar-refractivity contribution is 0.103. The van der Waals surface area contributed by atoms with Gasteiger partial charge >= 0.3 is 0 Å². The number of nitrogens with two attached hydrogens (primary N) is 1. The molecule has 0 aromatic heterocycles. The summed E-state index contributed by atoms with van der Waals surface area (Å²) >= 11 is 0. The van der Waals surface area contributed by atoms with Gasteiger partial charge in [0, 0.05) is 22.3 Å².